The van der Waals surface area contributed by atoms with Crippen LogP contribution in [0.25, 0.3) is 10.9 Å². The summed E-state index contributed by atoms with van der Waals surface area (Å²) in [5, 5.41) is 18.4. The predicted octanol–water partition coefficient (Wildman–Crippen LogP) is 5.55. The van der Waals surface area contributed by atoms with E-state index in [9.17, 15) is 23.3 Å². The topological polar surface area (TPSA) is 144 Å². The molecule has 42 heavy (non-hydrogen) atoms. The highest BCUT2D eigenvalue weighted by Gasteiger charge is 2.25. The van der Waals surface area contributed by atoms with E-state index in [0.29, 0.717) is 22.0 Å². The monoisotopic (exact) mass is 611 g/mol. The number of carbonyl (C=O) groups is 1. The van der Waals surface area contributed by atoms with E-state index in [1.165, 1.54) is 41.7 Å². The van der Waals surface area contributed by atoms with Gasteiger partial charge >= 0.3 is 0 Å². The van der Waals surface area contributed by atoms with E-state index in [0.717, 1.165) is 22.3 Å². The molecule has 0 aliphatic rings. The van der Waals surface area contributed by atoms with Gasteiger partial charge in [0, 0.05) is 65.7 Å². The van der Waals surface area contributed by atoms with Gasteiger partial charge in [0.2, 0.25) is 15.9 Å². The van der Waals surface area contributed by atoms with Gasteiger partial charge in [-0.1, -0.05) is 11.6 Å². The number of pyridine rings is 1. The number of aromatic nitrogens is 1. The molecule has 0 unspecified atom stereocenters. The van der Waals surface area contributed by atoms with Crippen molar-refractivity contribution in [2.45, 2.75) is 25.2 Å². The summed E-state index contributed by atoms with van der Waals surface area (Å²) in [6, 6.07) is 17.4. The van der Waals surface area contributed by atoms with Crippen LogP contribution in [0.1, 0.15) is 17.7 Å². The van der Waals surface area contributed by atoms with Crippen LogP contribution in [0, 0.1) is 24.0 Å². The molecule has 0 bridgehead atoms. The number of nitrogens with one attached hydrogen (secondary N) is 2. The number of rotatable bonds is 12. The number of nitrogens with zero attached hydrogens (tertiary/aromatic N) is 3. The number of fused-ring (bicyclic) bond motifs is 1. The third-order valence-corrected chi connectivity index (χ3v) is 8.70. The molecule has 0 saturated carbocycles. The van der Waals surface area contributed by atoms with Crippen molar-refractivity contribution in [3.05, 3.63) is 93.1 Å². The fraction of sp³-hybridized carbons (Fsp3) is 0.241. The number of sulfonamides is 1. The van der Waals surface area contributed by atoms with Crippen molar-refractivity contribution in [2.24, 2.45) is 0 Å². The van der Waals surface area contributed by atoms with E-state index in [4.69, 9.17) is 16.3 Å². The van der Waals surface area contributed by atoms with Crippen molar-refractivity contribution < 1.29 is 22.9 Å². The van der Waals surface area contributed by atoms with Gasteiger partial charge in [-0.2, -0.15) is 4.31 Å². The maximum atomic E-state index is 13.6. The molecule has 0 radical (unpaired) electrons. The standard InChI is InChI=1S/C29H30ClN5O6S/c1-19-16-22(35(37)38)5-11-26(19)33-29(36)12-14-34(42(39,40)24-8-6-23(41-3)7-9-24)15-13-31-28-17-20(2)32-27-10-4-21(30)18-25(27)28/h4-11,16-18H,12-15H2,1-3H3,(H,31,32)(H,33,36). The summed E-state index contributed by atoms with van der Waals surface area (Å²) in [6.45, 7) is 3.71. The number of nitro groups is 1. The minimum absolute atomic E-state index is 0.0572. The zero-order valence-corrected chi connectivity index (χ0v) is 24.8. The van der Waals surface area contributed by atoms with Gasteiger partial charge in [0.25, 0.3) is 5.69 Å². The molecule has 0 saturated heterocycles. The van der Waals surface area contributed by atoms with Crippen molar-refractivity contribution in [3.8, 4) is 5.75 Å². The van der Waals surface area contributed by atoms with Crippen LogP contribution < -0.4 is 15.4 Å². The molecule has 1 heterocycles. The zero-order valence-electron chi connectivity index (χ0n) is 23.3. The molecule has 4 rings (SSSR count). The van der Waals surface area contributed by atoms with Crippen LogP contribution in [0.15, 0.2) is 71.6 Å². The second-order valence-electron chi connectivity index (χ2n) is 9.53. The minimum Gasteiger partial charge on any atom is -0.497 e. The summed E-state index contributed by atoms with van der Waals surface area (Å²) in [6.07, 6.45) is -0.140. The first-order valence-electron chi connectivity index (χ1n) is 13.0. The molecule has 1 amide bonds. The molecular weight excluding hydrogens is 582 g/mol. The summed E-state index contributed by atoms with van der Waals surface area (Å²) >= 11 is 6.20. The van der Waals surface area contributed by atoms with Gasteiger partial charge in [0.05, 0.1) is 22.4 Å². The summed E-state index contributed by atoms with van der Waals surface area (Å²) < 4.78 is 33.7. The fourth-order valence-corrected chi connectivity index (χ4v) is 6.00. The normalized spacial score (nSPS) is 11.5. The number of amides is 1. The average molecular weight is 612 g/mol. The molecule has 220 valence electrons. The van der Waals surface area contributed by atoms with Crippen molar-refractivity contribution >= 4 is 55.5 Å². The maximum absolute atomic E-state index is 13.6. The average Bonchev–Trinajstić information content (AvgIpc) is 2.95. The molecule has 4 aromatic rings. The van der Waals surface area contributed by atoms with Gasteiger partial charge in [-0.25, -0.2) is 8.42 Å². The molecule has 0 spiro atoms. The van der Waals surface area contributed by atoms with Gasteiger partial charge < -0.3 is 15.4 Å². The van der Waals surface area contributed by atoms with Crippen LogP contribution >= 0.6 is 11.6 Å². The number of hydrogen-bond donors (Lipinski definition) is 2. The minimum atomic E-state index is -3.98. The van der Waals surface area contributed by atoms with E-state index in [1.807, 2.05) is 19.1 Å². The number of aryl methyl sites for hydroxylation is 2. The third kappa shape index (κ3) is 7.32. The number of benzene rings is 3. The van der Waals surface area contributed by atoms with Crippen molar-refractivity contribution in [1.82, 2.24) is 9.29 Å². The molecule has 0 aliphatic carbocycles. The maximum Gasteiger partial charge on any atom is 0.269 e. The Labute approximate surface area is 248 Å². The van der Waals surface area contributed by atoms with Gasteiger partial charge in [-0.05, 0) is 74.0 Å². The molecule has 1 aromatic heterocycles. The van der Waals surface area contributed by atoms with Crippen molar-refractivity contribution in [2.75, 3.05) is 37.4 Å². The van der Waals surface area contributed by atoms with E-state index in [2.05, 4.69) is 15.6 Å². The largest absolute Gasteiger partial charge is 0.497 e. The van der Waals surface area contributed by atoms with Crippen LogP contribution in [-0.2, 0) is 14.8 Å². The molecule has 3 aromatic carbocycles. The van der Waals surface area contributed by atoms with E-state index in [-0.39, 0.29) is 36.6 Å². The summed E-state index contributed by atoms with van der Waals surface area (Å²) in [7, 11) is -2.49. The second kappa shape index (κ2) is 13.1. The Morgan fingerprint density at radius 1 is 1.02 bits per heavy atom. The smallest absolute Gasteiger partial charge is 0.269 e. The number of nitro benzene ring substituents is 1. The predicted molar refractivity (Wildman–Crippen MR) is 163 cm³/mol. The molecule has 2 N–H and O–H groups in total. The number of ether oxygens (including phenoxy) is 1. The highest BCUT2D eigenvalue weighted by Crippen LogP contribution is 2.27. The molecule has 0 aliphatic heterocycles. The van der Waals surface area contributed by atoms with Gasteiger partial charge in [-0.3, -0.25) is 19.9 Å². The van der Waals surface area contributed by atoms with Crippen molar-refractivity contribution in [3.63, 3.8) is 0 Å². The van der Waals surface area contributed by atoms with Crippen LogP contribution in [0.4, 0.5) is 17.1 Å². The molecule has 0 atom stereocenters. The Balaban J connectivity index is 1.52. The number of halogens is 1. The molecule has 11 nitrogen and oxygen atoms in total. The summed E-state index contributed by atoms with van der Waals surface area (Å²) in [5.74, 6) is 0.0823. The van der Waals surface area contributed by atoms with Crippen LogP contribution in [0.3, 0.4) is 0 Å². The molecule has 13 heteroatoms. The van der Waals surface area contributed by atoms with Crippen LogP contribution in [0.5, 0.6) is 5.75 Å². The number of anilines is 2. The van der Waals surface area contributed by atoms with Crippen LogP contribution in [-0.4, -0.2) is 55.3 Å². The summed E-state index contributed by atoms with van der Waals surface area (Å²) in [4.78, 5) is 27.9. The number of hydrogen-bond acceptors (Lipinski definition) is 8. The Hall–Kier alpha value is -4.26. The van der Waals surface area contributed by atoms with Crippen molar-refractivity contribution in [1.29, 1.82) is 0 Å². The van der Waals surface area contributed by atoms with Gasteiger partial charge in [0.15, 0.2) is 0 Å². The highest BCUT2D eigenvalue weighted by atomic mass is 35.5. The Kier molecular flexibility index (Phi) is 9.61. The first kappa shape index (κ1) is 30.7. The lowest BCUT2D eigenvalue weighted by atomic mass is 10.1. The first-order valence-corrected chi connectivity index (χ1v) is 14.8. The Bertz CT molecular complexity index is 1730. The SMILES string of the molecule is COc1ccc(S(=O)(=O)N(CCNc2cc(C)nc3ccc(Cl)cc23)CCC(=O)Nc2ccc([N+](=O)[O-])cc2C)cc1. The second-order valence-corrected chi connectivity index (χ2v) is 11.9. The highest BCUT2D eigenvalue weighted by molar-refractivity contribution is 7.89. The van der Waals surface area contributed by atoms with Crippen LogP contribution in [0.2, 0.25) is 5.02 Å². The summed E-state index contributed by atoms with van der Waals surface area (Å²) in [5.41, 5.74) is 3.14. The number of methoxy groups -OCH3 is 1. The lowest BCUT2D eigenvalue weighted by molar-refractivity contribution is -0.384. The number of carbonyl (C=O) groups excluding carboxylic acids is 1. The quantitative estimate of drug-likeness (QED) is 0.157. The van der Waals surface area contributed by atoms with E-state index in [1.54, 1.807) is 31.2 Å². The number of non-ortho nitro benzene ring substituents is 1. The van der Waals surface area contributed by atoms with E-state index >= 15 is 0 Å². The van der Waals surface area contributed by atoms with E-state index < -0.39 is 20.9 Å². The van der Waals surface area contributed by atoms with Gasteiger partial charge in [-0.15, -0.1) is 0 Å². The lowest BCUT2D eigenvalue weighted by Crippen LogP contribution is -2.37. The molecule has 0 fully saturated rings. The zero-order chi connectivity index (χ0) is 30.4. The first-order chi connectivity index (χ1) is 20.0. The van der Waals surface area contributed by atoms with Gasteiger partial charge in [0.1, 0.15) is 5.75 Å². The molecular formula is C29H30ClN5O6S. The fourth-order valence-electron chi connectivity index (χ4n) is 4.38. The third-order valence-electron chi connectivity index (χ3n) is 6.56. The lowest BCUT2D eigenvalue weighted by Gasteiger charge is -2.23. The Morgan fingerprint density at radius 3 is 2.43 bits per heavy atom. The Morgan fingerprint density at radius 2 is 1.76 bits per heavy atom.